The van der Waals surface area contributed by atoms with Gasteiger partial charge in [-0.15, -0.1) is 11.6 Å². The molecule has 4 nitrogen and oxygen atoms in total. The van der Waals surface area contributed by atoms with Crippen LogP contribution in [0.25, 0.3) is 0 Å². The molecule has 1 fully saturated rings. The number of hydrogen-bond acceptors (Lipinski definition) is 3. The van der Waals surface area contributed by atoms with Crippen LogP contribution in [0.4, 0.5) is 0 Å². The predicted octanol–water partition coefficient (Wildman–Crippen LogP) is 1.04. The molecule has 1 aliphatic rings. The third-order valence-electron chi connectivity index (χ3n) is 2.83. The minimum Gasteiger partial charge on any atom is -0.389 e. The zero-order valence-corrected chi connectivity index (χ0v) is 10.4. The van der Waals surface area contributed by atoms with Crippen molar-refractivity contribution in [1.29, 1.82) is 0 Å². The monoisotopic (exact) mass is 255 g/mol. The fourth-order valence-corrected chi connectivity index (χ4v) is 2.87. The molecule has 0 saturated heterocycles. The van der Waals surface area contributed by atoms with Crippen LogP contribution in [-0.2, 0) is 10.0 Å². The molecule has 0 amide bonds. The first-order valence-electron chi connectivity index (χ1n) is 5.13. The van der Waals surface area contributed by atoms with Gasteiger partial charge in [-0.3, -0.25) is 0 Å². The van der Waals surface area contributed by atoms with Gasteiger partial charge < -0.3 is 5.11 Å². The molecule has 0 aliphatic heterocycles. The van der Waals surface area contributed by atoms with Gasteiger partial charge in [0, 0.05) is 6.54 Å². The van der Waals surface area contributed by atoms with Crippen LogP contribution in [0.1, 0.15) is 32.6 Å². The minimum absolute atomic E-state index is 0.0758. The van der Waals surface area contributed by atoms with Crippen LogP contribution in [0.5, 0.6) is 0 Å². The van der Waals surface area contributed by atoms with E-state index in [1.807, 2.05) is 0 Å². The van der Waals surface area contributed by atoms with Gasteiger partial charge >= 0.3 is 0 Å². The van der Waals surface area contributed by atoms with Gasteiger partial charge in [0.25, 0.3) is 0 Å². The first kappa shape index (κ1) is 13.2. The molecule has 2 atom stereocenters. The minimum atomic E-state index is -3.42. The molecule has 90 valence electrons. The highest BCUT2D eigenvalue weighted by atomic mass is 35.5. The zero-order valence-electron chi connectivity index (χ0n) is 8.87. The number of sulfonamides is 1. The molecule has 2 N–H and O–H groups in total. The van der Waals surface area contributed by atoms with E-state index in [9.17, 15) is 13.5 Å². The number of hydrogen-bond donors (Lipinski definition) is 2. The van der Waals surface area contributed by atoms with Gasteiger partial charge in [-0.1, -0.05) is 19.8 Å². The van der Waals surface area contributed by atoms with E-state index in [4.69, 9.17) is 11.6 Å². The summed E-state index contributed by atoms with van der Waals surface area (Å²) in [6, 6.07) is 0. The number of halogens is 1. The largest absolute Gasteiger partial charge is 0.389 e. The van der Waals surface area contributed by atoms with Gasteiger partial charge in [-0.25, -0.2) is 13.1 Å². The molecule has 0 aromatic rings. The van der Waals surface area contributed by atoms with Crippen molar-refractivity contribution in [3.05, 3.63) is 0 Å². The maximum Gasteiger partial charge on any atom is 0.225 e. The van der Waals surface area contributed by atoms with Crippen LogP contribution in [-0.4, -0.2) is 30.9 Å². The van der Waals surface area contributed by atoms with E-state index in [1.165, 1.54) is 0 Å². The highest BCUT2D eigenvalue weighted by Crippen LogP contribution is 2.31. The molecule has 0 bridgehead atoms. The molecule has 0 aromatic carbocycles. The maximum atomic E-state index is 11.1. The van der Waals surface area contributed by atoms with Gasteiger partial charge in [-0.05, 0) is 18.8 Å². The molecule has 6 heteroatoms. The van der Waals surface area contributed by atoms with Gasteiger partial charge in [0.1, 0.15) is 5.21 Å². The quantitative estimate of drug-likeness (QED) is 0.738. The van der Waals surface area contributed by atoms with Crippen LogP contribution in [0, 0.1) is 5.92 Å². The second-order valence-electron chi connectivity index (χ2n) is 4.47. The van der Waals surface area contributed by atoms with Crippen molar-refractivity contribution in [1.82, 2.24) is 4.72 Å². The molecule has 0 spiro atoms. The lowest BCUT2D eigenvalue weighted by molar-refractivity contribution is -0.00749. The van der Waals surface area contributed by atoms with Crippen molar-refractivity contribution in [2.75, 3.05) is 11.8 Å². The summed E-state index contributed by atoms with van der Waals surface area (Å²) >= 11 is 5.25. The number of alkyl halides is 1. The lowest BCUT2D eigenvalue weighted by Crippen LogP contribution is -2.45. The Morgan fingerprint density at radius 1 is 1.60 bits per heavy atom. The second kappa shape index (κ2) is 4.99. The highest BCUT2D eigenvalue weighted by Gasteiger charge is 2.33. The summed E-state index contributed by atoms with van der Waals surface area (Å²) in [5.41, 5.74) is -0.892. The van der Waals surface area contributed by atoms with Gasteiger partial charge in [0.05, 0.1) is 5.60 Å². The summed E-state index contributed by atoms with van der Waals surface area (Å²) < 4.78 is 24.6. The van der Waals surface area contributed by atoms with E-state index in [0.29, 0.717) is 18.8 Å². The van der Waals surface area contributed by atoms with Crippen molar-refractivity contribution in [2.45, 2.75) is 38.2 Å². The summed E-state index contributed by atoms with van der Waals surface area (Å²) in [5.74, 6) is 0.448. The molecule has 15 heavy (non-hydrogen) atoms. The molecule has 2 unspecified atom stereocenters. The first-order chi connectivity index (χ1) is 6.87. The standard InChI is InChI=1S/C9H18ClNO3S/c1-8-3-2-4-9(12,5-8)6-11-15(13,14)7-10/h8,11-12H,2-7H2,1H3. The summed E-state index contributed by atoms with van der Waals surface area (Å²) in [4.78, 5) is 0. The smallest absolute Gasteiger partial charge is 0.225 e. The van der Waals surface area contributed by atoms with Gasteiger partial charge in [-0.2, -0.15) is 0 Å². The Hall–Kier alpha value is 0.160. The average Bonchev–Trinajstić information content (AvgIpc) is 2.15. The maximum absolute atomic E-state index is 11.1. The lowest BCUT2D eigenvalue weighted by Gasteiger charge is -2.35. The van der Waals surface area contributed by atoms with Crippen LogP contribution in [0.2, 0.25) is 0 Å². The average molecular weight is 256 g/mol. The van der Waals surface area contributed by atoms with E-state index in [1.54, 1.807) is 0 Å². The molecule has 0 radical (unpaired) electrons. The Morgan fingerprint density at radius 2 is 2.27 bits per heavy atom. The Morgan fingerprint density at radius 3 is 2.80 bits per heavy atom. The third kappa shape index (κ3) is 4.26. The van der Waals surface area contributed by atoms with Crippen LogP contribution < -0.4 is 4.72 Å². The molecule has 0 aromatic heterocycles. The fourth-order valence-electron chi connectivity index (χ4n) is 2.08. The van der Waals surface area contributed by atoms with E-state index in [2.05, 4.69) is 11.6 Å². The zero-order chi connectivity index (χ0) is 11.5. The highest BCUT2D eigenvalue weighted by molar-refractivity contribution is 7.90. The Kier molecular flexibility index (Phi) is 4.40. The van der Waals surface area contributed by atoms with E-state index in [-0.39, 0.29) is 6.54 Å². The van der Waals surface area contributed by atoms with Crippen molar-refractivity contribution in [3.8, 4) is 0 Å². The molecule has 1 aliphatic carbocycles. The third-order valence-corrected chi connectivity index (χ3v) is 4.57. The molecular formula is C9H18ClNO3S. The first-order valence-corrected chi connectivity index (χ1v) is 7.31. The normalized spacial score (nSPS) is 32.9. The van der Waals surface area contributed by atoms with Gasteiger partial charge in [0.2, 0.25) is 10.0 Å². The summed E-state index contributed by atoms with van der Waals surface area (Å²) in [5, 5.41) is 9.67. The molecule has 0 heterocycles. The van der Waals surface area contributed by atoms with Crippen LogP contribution >= 0.6 is 11.6 Å². The van der Waals surface area contributed by atoms with Crippen molar-refractivity contribution < 1.29 is 13.5 Å². The number of rotatable bonds is 4. The summed E-state index contributed by atoms with van der Waals surface area (Å²) in [6.45, 7) is 2.15. The SMILES string of the molecule is CC1CCCC(O)(CNS(=O)(=O)CCl)C1. The Labute approximate surface area is 96.1 Å². The number of nitrogens with one attached hydrogen (secondary N) is 1. The van der Waals surface area contributed by atoms with Crippen molar-refractivity contribution in [2.24, 2.45) is 5.92 Å². The molecular weight excluding hydrogens is 238 g/mol. The second-order valence-corrected chi connectivity index (χ2v) is 6.86. The van der Waals surface area contributed by atoms with Crippen molar-refractivity contribution in [3.63, 3.8) is 0 Å². The lowest BCUT2D eigenvalue weighted by atomic mass is 9.79. The van der Waals surface area contributed by atoms with Crippen LogP contribution in [0.15, 0.2) is 0 Å². The van der Waals surface area contributed by atoms with E-state index >= 15 is 0 Å². The van der Waals surface area contributed by atoms with Gasteiger partial charge in [0.15, 0.2) is 0 Å². The van der Waals surface area contributed by atoms with E-state index in [0.717, 1.165) is 12.8 Å². The Balaban J connectivity index is 2.49. The fraction of sp³-hybridized carbons (Fsp3) is 1.00. The Bertz CT molecular complexity index is 306. The summed E-state index contributed by atoms with van der Waals surface area (Å²) in [6.07, 6.45) is 3.35. The number of aliphatic hydroxyl groups is 1. The molecule has 1 rings (SSSR count). The summed E-state index contributed by atoms with van der Waals surface area (Å²) in [7, 11) is -3.42. The molecule has 1 saturated carbocycles. The van der Waals surface area contributed by atoms with E-state index < -0.39 is 20.8 Å². The predicted molar refractivity (Wildman–Crippen MR) is 60.2 cm³/mol. The van der Waals surface area contributed by atoms with Crippen molar-refractivity contribution >= 4 is 21.6 Å². The van der Waals surface area contributed by atoms with Crippen LogP contribution in [0.3, 0.4) is 0 Å². The topological polar surface area (TPSA) is 66.4 Å².